The highest BCUT2D eigenvalue weighted by Crippen LogP contribution is 2.15. The van der Waals surface area contributed by atoms with Crippen molar-refractivity contribution in [2.24, 2.45) is 0 Å². The molecule has 2 rings (SSSR count). The van der Waals surface area contributed by atoms with Crippen LogP contribution in [0, 0.1) is 0 Å². The average Bonchev–Trinajstić information content (AvgIpc) is 2.48. The molecule has 0 bridgehead atoms. The van der Waals surface area contributed by atoms with Gasteiger partial charge in [-0.1, -0.05) is 24.6 Å². The lowest BCUT2D eigenvalue weighted by Crippen LogP contribution is -2.45. The molecular weight excluding hydrogens is 276 g/mol. The molecule has 1 heterocycles. The quantitative estimate of drug-likeness (QED) is 0.815. The molecule has 1 aliphatic rings. The monoisotopic (exact) mass is 298 g/mol. The maximum atomic E-state index is 12.0. The molecule has 0 aromatic heterocycles. The van der Waals surface area contributed by atoms with Gasteiger partial charge in [0.1, 0.15) is 0 Å². The minimum atomic E-state index is -3.42. The van der Waals surface area contributed by atoms with Gasteiger partial charge in [-0.3, -0.25) is 4.90 Å². The highest BCUT2D eigenvalue weighted by molar-refractivity contribution is 7.89. The van der Waals surface area contributed by atoms with E-state index >= 15 is 0 Å². The largest absolute Gasteiger partial charge is 0.395 e. The number of sulfonamides is 1. The molecule has 6 heteroatoms. The van der Waals surface area contributed by atoms with Crippen molar-refractivity contribution in [3.05, 3.63) is 30.3 Å². The third kappa shape index (κ3) is 4.02. The van der Waals surface area contributed by atoms with Crippen molar-refractivity contribution >= 4 is 10.0 Å². The Balaban J connectivity index is 1.86. The van der Waals surface area contributed by atoms with Crippen LogP contribution in [0.5, 0.6) is 0 Å². The van der Waals surface area contributed by atoms with Gasteiger partial charge in [-0.25, -0.2) is 13.1 Å². The fraction of sp³-hybridized carbons (Fsp3) is 0.571. The maximum Gasteiger partial charge on any atom is 0.240 e. The molecule has 0 aliphatic carbocycles. The first-order valence-electron chi connectivity index (χ1n) is 7.03. The number of nitrogens with zero attached hydrogens (tertiary/aromatic N) is 1. The zero-order chi connectivity index (χ0) is 14.4. The third-order valence-electron chi connectivity index (χ3n) is 3.70. The first-order chi connectivity index (χ1) is 9.63. The molecule has 1 saturated heterocycles. The summed E-state index contributed by atoms with van der Waals surface area (Å²) in [5, 5.41) is 9.32. The average molecular weight is 298 g/mol. The van der Waals surface area contributed by atoms with Crippen molar-refractivity contribution in [1.82, 2.24) is 9.62 Å². The molecule has 1 unspecified atom stereocenters. The Morgan fingerprint density at radius 3 is 2.70 bits per heavy atom. The van der Waals surface area contributed by atoms with Crippen molar-refractivity contribution < 1.29 is 13.5 Å². The van der Waals surface area contributed by atoms with E-state index in [4.69, 9.17) is 0 Å². The molecular formula is C14H22N2O3S. The summed E-state index contributed by atoms with van der Waals surface area (Å²) >= 11 is 0. The minimum Gasteiger partial charge on any atom is -0.395 e. The second kappa shape index (κ2) is 7.17. The van der Waals surface area contributed by atoms with Gasteiger partial charge < -0.3 is 5.11 Å². The zero-order valence-corrected chi connectivity index (χ0v) is 12.3. The van der Waals surface area contributed by atoms with Crippen LogP contribution >= 0.6 is 0 Å². The highest BCUT2D eigenvalue weighted by atomic mass is 32.2. The summed E-state index contributed by atoms with van der Waals surface area (Å²) in [6, 6.07) is 8.55. The molecule has 0 radical (unpaired) electrons. The van der Waals surface area contributed by atoms with Gasteiger partial charge in [-0.05, 0) is 31.5 Å². The van der Waals surface area contributed by atoms with Gasteiger partial charge in [-0.15, -0.1) is 0 Å². The molecule has 1 fully saturated rings. The van der Waals surface area contributed by atoms with Crippen LogP contribution in [0.4, 0.5) is 0 Å². The molecule has 2 N–H and O–H groups in total. The van der Waals surface area contributed by atoms with Crippen LogP contribution in [0.15, 0.2) is 35.2 Å². The van der Waals surface area contributed by atoms with E-state index in [1.807, 2.05) is 0 Å². The van der Waals surface area contributed by atoms with Crippen LogP contribution in [-0.4, -0.2) is 50.7 Å². The van der Waals surface area contributed by atoms with Crippen molar-refractivity contribution in [1.29, 1.82) is 0 Å². The Morgan fingerprint density at radius 2 is 2.00 bits per heavy atom. The second-order valence-electron chi connectivity index (χ2n) is 5.08. The van der Waals surface area contributed by atoms with E-state index in [0.717, 1.165) is 25.8 Å². The molecule has 1 aromatic rings. The van der Waals surface area contributed by atoms with Crippen molar-refractivity contribution in [2.75, 3.05) is 26.2 Å². The Labute approximate surface area is 120 Å². The fourth-order valence-electron chi connectivity index (χ4n) is 2.57. The molecule has 1 aliphatic heterocycles. The Hall–Kier alpha value is -0.950. The maximum absolute atomic E-state index is 12.0. The van der Waals surface area contributed by atoms with Gasteiger partial charge in [0.15, 0.2) is 0 Å². The molecule has 20 heavy (non-hydrogen) atoms. The van der Waals surface area contributed by atoms with E-state index in [1.165, 1.54) is 0 Å². The minimum absolute atomic E-state index is 0.144. The smallest absolute Gasteiger partial charge is 0.240 e. The van der Waals surface area contributed by atoms with Gasteiger partial charge in [0.05, 0.1) is 11.5 Å². The number of hydrogen-bond acceptors (Lipinski definition) is 4. The summed E-state index contributed by atoms with van der Waals surface area (Å²) in [5.41, 5.74) is 0. The lowest BCUT2D eigenvalue weighted by Gasteiger charge is -2.34. The van der Waals surface area contributed by atoms with Gasteiger partial charge in [0.25, 0.3) is 0 Å². The van der Waals surface area contributed by atoms with Crippen LogP contribution in [-0.2, 0) is 10.0 Å². The van der Waals surface area contributed by atoms with Crippen LogP contribution in [0.2, 0.25) is 0 Å². The fourth-order valence-corrected chi connectivity index (χ4v) is 3.61. The van der Waals surface area contributed by atoms with E-state index in [-0.39, 0.29) is 17.5 Å². The van der Waals surface area contributed by atoms with Crippen LogP contribution in [0.3, 0.4) is 0 Å². The van der Waals surface area contributed by atoms with Crippen molar-refractivity contribution in [2.45, 2.75) is 30.2 Å². The number of benzene rings is 1. The number of nitrogens with one attached hydrogen (secondary N) is 1. The molecule has 1 atom stereocenters. The number of rotatable bonds is 6. The lowest BCUT2D eigenvalue weighted by molar-refractivity contribution is 0.0923. The third-order valence-corrected chi connectivity index (χ3v) is 5.18. The van der Waals surface area contributed by atoms with Crippen molar-refractivity contribution in [3.63, 3.8) is 0 Å². The first kappa shape index (κ1) is 15.4. The standard InChI is InChI=1S/C14H22N2O3S/c17-12-13-6-4-5-10-16(13)11-9-15-20(18,19)14-7-2-1-3-8-14/h1-3,7-8,13,15,17H,4-6,9-12H2. The topological polar surface area (TPSA) is 69.6 Å². The van der Waals surface area contributed by atoms with Crippen LogP contribution in [0.25, 0.3) is 0 Å². The zero-order valence-electron chi connectivity index (χ0n) is 11.5. The summed E-state index contributed by atoms with van der Waals surface area (Å²) in [6.07, 6.45) is 3.24. The Bertz CT molecular complexity index is 504. The number of likely N-dealkylation sites (tertiary alicyclic amines) is 1. The number of aliphatic hydroxyl groups excluding tert-OH is 1. The van der Waals surface area contributed by atoms with Gasteiger partial charge in [-0.2, -0.15) is 0 Å². The van der Waals surface area contributed by atoms with E-state index in [1.54, 1.807) is 30.3 Å². The van der Waals surface area contributed by atoms with Crippen LogP contribution in [0.1, 0.15) is 19.3 Å². The molecule has 1 aromatic carbocycles. The van der Waals surface area contributed by atoms with E-state index in [0.29, 0.717) is 13.1 Å². The molecule has 112 valence electrons. The van der Waals surface area contributed by atoms with E-state index in [2.05, 4.69) is 9.62 Å². The van der Waals surface area contributed by atoms with Gasteiger partial charge in [0.2, 0.25) is 10.0 Å². The van der Waals surface area contributed by atoms with Gasteiger partial charge in [0, 0.05) is 19.1 Å². The highest BCUT2D eigenvalue weighted by Gasteiger charge is 2.21. The normalized spacial score (nSPS) is 20.9. The number of hydrogen-bond donors (Lipinski definition) is 2. The summed E-state index contributed by atoms with van der Waals surface area (Å²) in [6.45, 7) is 2.08. The summed E-state index contributed by atoms with van der Waals surface area (Å²) < 4.78 is 26.7. The van der Waals surface area contributed by atoms with Gasteiger partial charge >= 0.3 is 0 Å². The number of aliphatic hydroxyl groups is 1. The molecule has 0 spiro atoms. The predicted molar refractivity (Wildman–Crippen MR) is 77.9 cm³/mol. The lowest BCUT2D eigenvalue weighted by atomic mass is 10.0. The molecule has 0 amide bonds. The Kier molecular flexibility index (Phi) is 5.54. The molecule has 0 saturated carbocycles. The van der Waals surface area contributed by atoms with E-state index < -0.39 is 10.0 Å². The summed E-state index contributed by atoms with van der Waals surface area (Å²) in [7, 11) is -3.42. The van der Waals surface area contributed by atoms with Crippen LogP contribution < -0.4 is 4.72 Å². The predicted octanol–water partition coefficient (Wildman–Crippen LogP) is 0.812. The molecule has 5 nitrogen and oxygen atoms in total. The van der Waals surface area contributed by atoms with Crippen molar-refractivity contribution in [3.8, 4) is 0 Å². The Morgan fingerprint density at radius 1 is 1.25 bits per heavy atom. The first-order valence-corrected chi connectivity index (χ1v) is 8.51. The summed E-state index contributed by atoms with van der Waals surface area (Å²) in [4.78, 5) is 2.45. The number of piperidine rings is 1. The SMILES string of the molecule is O=S(=O)(NCCN1CCCCC1CO)c1ccccc1. The second-order valence-corrected chi connectivity index (χ2v) is 6.85. The summed E-state index contributed by atoms with van der Waals surface area (Å²) in [5.74, 6) is 0. The van der Waals surface area contributed by atoms with E-state index in [9.17, 15) is 13.5 Å².